The summed E-state index contributed by atoms with van der Waals surface area (Å²) in [6, 6.07) is 8.18. The average Bonchev–Trinajstić information content (AvgIpc) is 3.19. The van der Waals surface area contributed by atoms with Gasteiger partial charge in [0.2, 0.25) is 5.91 Å². The van der Waals surface area contributed by atoms with Crippen LogP contribution < -0.4 is 0 Å². The predicted octanol–water partition coefficient (Wildman–Crippen LogP) is 3.06. The van der Waals surface area contributed by atoms with Crippen molar-refractivity contribution in [3.8, 4) is 0 Å². The summed E-state index contributed by atoms with van der Waals surface area (Å²) in [5.41, 5.74) is 1.43. The Hall–Kier alpha value is -2.30. The van der Waals surface area contributed by atoms with Gasteiger partial charge in [0.1, 0.15) is 0 Å². The molecule has 1 amide bonds. The van der Waals surface area contributed by atoms with Crippen molar-refractivity contribution in [1.29, 1.82) is 0 Å². The molecule has 2 aromatic rings. The first-order chi connectivity index (χ1) is 11.4. The highest BCUT2D eigenvalue weighted by Gasteiger charge is 2.48. The van der Waals surface area contributed by atoms with Gasteiger partial charge in [-0.25, -0.2) is 0 Å². The lowest BCUT2D eigenvalue weighted by atomic mass is 9.76. The van der Waals surface area contributed by atoms with Gasteiger partial charge in [0.05, 0.1) is 5.41 Å². The first-order valence-electron chi connectivity index (χ1n) is 8.49. The number of amides is 1. The van der Waals surface area contributed by atoms with E-state index in [9.17, 15) is 14.7 Å². The molecular formula is C19H24N2O3. The lowest BCUT2D eigenvalue weighted by molar-refractivity contribution is -0.151. The van der Waals surface area contributed by atoms with Crippen LogP contribution in [0.4, 0.5) is 0 Å². The van der Waals surface area contributed by atoms with E-state index in [-0.39, 0.29) is 11.8 Å². The van der Waals surface area contributed by atoms with Crippen molar-refractivity contribution in [2.75, 3.05) is 13.1 Å². The van der Waals surface area contributed by atoms with Crippen molar-refractivity contribution in [1.82, 2.24) is 9.88 Å². The fourth-order valence-electron chi connectivity index (χ4n) is 3.61. The third-order valence-corrected chi connectivity index (χ3v) is 5.43. The summed E-state index contributed by atoms with van der Waals surface area (Å²) in [7, 11) is 0. The number of nitrogens with one attached hydrogen (secondary N) is 1. The van der Waals surface area contributed by atoms with Crippen LogP contribution in [0, 0.1) is 11.3 Å². The van der Waals surface area contributed by atoms with E-state index in [0.717, 1.165) is 16.5 Å². The van der Waals surface area contributed by atoms with Gasteiger partial charge in [-0.15, -0.1) is 0 Å². The molecular weight excluding hydrogens is 304 g/mol. The second-order valence-corrected chi connectivity index (χ2v) is 7.08. The van der Waals surface area contributed by atoms with Crippen molar-refractivity contribution < 1.29 is 14.7 Å². The molecule has 2 N–H and O–H groups in total. The lowest BCUT2D eigenvalue weighted by Gasteiger charge is -2.28. The average molecular weight is 328 g/mol. The number of hydrogen-bond donors (Lipinski definition) is 2. The maximum Gasteiger partial charge on any atom is 0.311 e. The summed E-state index contributed by atoms with van der Waals surface area (Å²) >= 11 is 0. The number of likely N-dealkylation sites (tertiary alicyclic amines) is 1. The van der Waals surface area contributed by atoms with Crippen LogP contribution in [0.25, 0.3) is 10.9 Å². The van der Waals surface area contributed by atoms with Gasteiger partial charge in [-0.05, 0) is 47.9 Å². The maximum atomic E-state index is 12.5. The highest BCUT2D eigenvalue weighted by atomic mass is 16.4. The summed E-state index contributed by atoms with van der Waals surface area (Å²) in [4.78, 5) is 29.0. The molecule has 1 fully saturated rings. The molecule has 1 unspecified atom stereocenters. The molecule has 5 nitrogen and oxygen atoms in total. The zero-order chi connectivity index (χ0) is 17.3. The minimum atomic E-state index is -0.792. The number of benzene rings is 1. The molecule has 1 aromatic heterocycles. The predicted molar refractivity (Wildman–Crippen MR) is 92.7 cm³/mol. The molecule has 1 atom stereocenters. The maximum absolute atomic E-state index is 12.5. The first kappa shape index (κ1) is 16.6. The van der Waals surface area contributed by atoms with E-state index in [1.165, 1.54) is 0 Å². The highest BCUT2D eigenvalue weighted by molar-refractivity contribution is 5.82. The summed E-state index contributed by atoms with van der Waals surface area (Å²) in [6.07, 6.45) is 3.55. The monoisotopic (exact) mass is 328 g/mol. The van der Waals surface area contributed by atoms with E-state index in [4.69, 9.17) is 0 Å². The smallest absolute Gasteiger partial charge is 0.311 e. The highest BCUT2D eigenvalue weighted by Crippen LogP contribution is 2.38. The molecule has 1 aliphatic rings. The van der Waals surface area contributed by atoms with Crippen LogP contribution >= 0.6 is 0 Å². The number of aliphatic carboxylic acids is 1. The first-order valence-corrected chi connectivity index (χ1v) is 8.49. The summed E-state index contributed by atoms with van der Waals surface area (Å²) in [5, 5.41) is 10.7. The number of H-pyrrole nitrogens is 1. The number of aromatic amines is 1. The van der Waals surface area contributed by atoms with Crippen molar-refractivity contribution >= 4 is 22.8 Å². The molecule has 0 saturated carbocycles. The van der Waals surface area contributed by atoms with E-state index in [1.54, 1.807) is 4.90 Å². The fraction of sp³-hybridized carbons (Fsp3) is 0.474. The Kier molecular flexibility index (Phi) is 4.35. The standard InChI is InChI=1S/C19H24N2O3/c1-13(2)19(18(23)24)8-10-21(12-19)17(22)6-4-14-3-5-16-15(11-14)7-9-20-16/h3,5,7,9,11,13,20H,4,6,8,10,12H2,1-2H3,(H,23,24). The molecule has 1 saturated heterocycles. The summed E-state index contributed by atoms with van der Waals surface area (Å²) < 4.78 is 0. The van der Waals surface area contributed by atoms with E-state index in [1.807, 2.05) is 38.2 Å². The third kappa shape index (κ3) is 2.90. The molecule has 0 aliphatic carbocycles. The van der Waals surface area contributed by atoms with Crippen LogP contribution in [0.5, 0.6) is 0 Å². The lowest BCUT2D eigenvalue weighted by Crippen LogP contribution is -2.40. The minimum absolute atomic E-state index is 0.0174. The van der Waals surface area contributed by atoms with Gasteiger partial charge >= 0.3 is 5.97 Å². The van der Waals surface area contributed by atoms with Gasteiger partial charge in [0.15, 0.2) is 0 Å². The zero-order valence-electron chi connectivity index (χ0n) is 14.2. The molecule has 1 aliphatic heterocycles. The number of hydrogen-bond acceptors (Lipinski definition) is 2. The Morgan fingerprint density at radius 2 is 2.12 bits per heavy atom. The number of carbonyl (C=O) groups excluding carboxylic acids is 1. The molecule has 1 aromatic carbocycles. The number of aryl methyl sites for hydroxylation is 1. The van der Waals surface area contributed by atoms with Crippen LogP contribution in [-0.4, -0.2) is 40.0 Å². The van der Waals surface area contributed by atoms with Crippen molar-refractivity contribution in [2.45, 2.75) is 33.1 Å². The Balaban J connectivity index is 1.62. The fourth-order valence-corrected chi connectivity index (χ4v) is 3.61. The van der Waals surface area contributed by atoms with E-state index in [0.29, 0.717) is 32.4 Å². The molecule has 0 spiro atoms. The molecule has 24 heavy (non-hydrogen) atoms. The zero-order valence-corrected chi connectivity index (χ0v) is 14.2. The van der Waals surface area contributed by atoms with Crippen LogP contribution in [0.1, 0.15) is 32.3 Å². The molecule has 2 heterocycles. The minimum Gasteiger partial charge on any atom is -0.481 e. The number of fused-ring (bicyclic) bond motifs is 1. The Bertz CT molecular complexity index is 765. The number of carboxylic acid groups (broad SMARTS) is 1. The normalized spacial score (nSPS) is 20.9. The molecule has 0 bridgehead atoms. The molecule has 5 heteroatoms. The van der Waals surface area contributed by atoms with Gasteiger partial charge < -0.3 is 15.0 Å². The second-order valence-electron chi connectivity index (χ2n) is 7.08. The third-order valence-electron chi connectivity index (χ3n) is 5.43. The van der Waals surface area contributed by atoms with Crippen LogP contribution in [0.15, 0.2) is 30.5 Å². The number of aromatic nitrogens is 1. The topological polar surface area (TPSA) is 73.4 Å². The Morgan fingerprint density at radius 3 is 2.79 bits per heavy atom. The molecule has 0 radical (unpaired) electrons. The Labute approximate surface area is 141 Å². The van der Waals surface area contributed by atoms with Gasteiger partial charge in [0.25, 0.3) is 0 Å². The van der Waals surface area contributed by atoms with E-state index < -0.39 is 11.4 Å². The van der Waals surface area contributed by atoms with Gasteiger partial charge in [-0.1, -0.05) is 19.9 Å². The van der Waals surface area contributed by atoms with Gasteiger partial charge in [-0.3, -0.25) is 9.59 Å². The van der Waals surface area contributed by atoms with Gasteiger partial charge in [0, 0.05) is 31.2 Å². The number of carboxylic acids is 1. The van der Waals surface area contributed by atoms with Crippen LogP contribution in [0.2, 0.25) is 0 Å². The molecule has 128 valence electrons. The largest absolute Gasteiger partial charge is 0.481 e. The summed E-state index contributed by atoms with van der Waals surface area (Å²) in [5.74, 6) is -0.720. The summed E-state index contributed by atoms with van der Waals surface area (Å²) in [6.45, 7) is 4.72. The number of nitrogens with zero attached hydrogens (tertiary/aromatic N) is 1. The van der Waals surface area contributed by atoms with Crippen LogP contribution in [-0.2, 0) is 16.0 Å². The Morgan fingerprint density at radius 1 is 1.33 bits per heavy atom. The van der Waals surface area contributed by atoms with Crippen molar-refractivity contribution in [3.05, 3.63) is 36.0 Å². The SMILES string of the molecule is CC(C)C1(C(=O)O)CCN(C(=O)CCc2ccc3[nH]ccc3c2)C1. The van der Waals surface area contributed by atoms with Gasteiger partial charge in [-0.2, -0.15) is 0 Å². The van der Waals surface area contributed by atoms with E-state index in [2.05, 4.69) is 11.1 Å². The van der Waals surface area contributed by atoms with Crippen molar-refractivity contribution in [2.24, 2.45) is 11.3 Å². The number of rotatable bonds is 5. The second kappa shape index (κ2) is 6.30. The van der Waals surface area contributed by atoms with E-state index >= 15 is 0 Å². The quantitative estimate of drug-likeness (QED) is 0.886. The number of carbonyl (C=O) groups is 2. The van der Waals surface area contributed by atoms with Crippen LogP contribution in [0.3, 0.4) is 0 Å². The van der Waals surface area contributed by atoms with Crippen molar-refractivity contribution in [3.63, 3.8) is 0 Å². The molecule has 3 rings (SSSR count).